The Bertz CT molecular complexity index is 936. The number of aromatic nitrogens is 3. The first-order chi connectivity index (χ1) is 13.2. The summed E-state index contributed by atoms with van der Waals surface area (Å²) in [5.74, 6) is 2.43. The predicted octanol–water partition coefficient (Wildman–Crippen LogP) is 2.50. The molecule has 1 saturated heterocycles. The van der Waals surface area contributed by atoms with E-state index < -0.39 is 0 Å². The predicted molar refractivity (Wildman–Crippen MR) is 106 cm³/mol. The van der Waals surface area contributed by atoms with E-state index in [4.69, 9.17) is 4.74 Å². The second-order valence-electron chi connectivity index (χ2n) is 6.75. The van der Waals surface area contributed by atoms with Gasteiger partial charge in [-0.2, -0.15) is 0 Å². The Kier molecular flexibility index (Phi) is 4.91. The zero-order valence-corrected chi connectivity index (χ0v) is 15.6. The summed E-state index contributed by atoms with van der Waals surface area (Å²) < 4.78 is 5.96. The van der Waals surface area contributed by atoms with Gasteiger partial charge in [0, 0.05) is 32.3 Å². The number of ether oxygens (including phenoxy) is 1. The fraction of sp³-hybridized carbons (Fsp3) is 0.350. The lowest BCUT2D eigenvalue weighted by molar-refractivity contribution is 0.205. The van der Waals surface area contributed by atoms with Crippen molar-refractivity contribution in [1.29, 1.82) is 0 Å². The van der Waals surface area contributed by atoms with Crippen LogP contribution in [0.5, 0.6) is 5.88 Å². The summed E-state index contributed by atoms with van der Waals surface area (Å²) in [6, 6.07) is 11.9. The van der Waals surface area contributed by atoms with Gasteiger partial charge in [0.25, 0.3) is 0 Å². The summed E-state index contributed by atoms with van der Waals surface area (Å²) in [6.45, 7) is 4.37. The van der Waals surface area contributed by atoms with Crippen LogP contribution in [0.3, 0.4) is 0 Å². The molecule has 27 heavy (non-hydrogen) atoms. The van der Waals surface area contributed by atoms with Crippen molar-refractivity contribution in [3.05, 3.63) is 54.0 Å². The zero-order valence-electron chi connectivity index (χ0n) is 15.6. The van der Waals surface area contributed by atoms with Crippen molar-refractivity contribution in [3.63, 3.8) is 0 Å². The Morgan fingerprint density at radius 1 is 1.37 bits per heavy atom. The number of hydrogen-bond acceptors (Lipinski definition) is 4. The Morgan fingerprint density at radius 2 is 2.30 bits per heavy atom. The molecule has 0 saturated carbocycles. The molecular weight excluding hydrogens is 340 g/mol. The number of aryl methyl sites for hydroxylation is 1. The van der Waals surface area contributed by atoms with E-state index in [0.29, 0.717) is 12.4 Å². The minimum atomic E-state index is 0.118. The SMILES string of the molecule is CN=C(NCc1nc2ccc(C)cc2[nH]1)N1CCC(Oc2ccccn2)C1. The van der Waals surface area contributed by atoms with E-state index in [2.05, 4.69) is 49.2 Å². The van der Waals surface area contributed by atoms with E-state index in [1.54, 1.807) is 13.2 Å². The fourth-order valence-electron chi connectivity index (χ4n) is 3.36. The van der Waals surface area contributed by atoms with Crippen LogP contribution in [0.1, 0.15) is 17.8 Å². The summed E-state index contributed by atoms with van der Waals surface area (Å²) in [7, 11) is 1.80. The summed E-state index contributed by atoms with van der Waals surface area (Å²) in [4.78, 5) is 18.9. The number of rotatable bonds is 4. The molecular formula is C20H24N6O. The molecule has 1 aliphatic heterocycles. The zero-order chi connectivity index (χ0) is 18.6. The lowest BCUT2D eigenvalue weighted by Gasteiger charge is -2.21. The van der Waals surface area contributed by atoms with Crippen molar-refractivity contribution < 1.29 is 4.74 Å². The van der Waals surface area contributed by atoms with Crippen molar-refractivity contribution in [3.8, 4) is 5.88 Å². The van der Waals surface area contributed by atoms with Crippen molar-refractivity contribution in [2.45, 2.75) is 26.0 Å². The number of pyridine rings is 1. The van der Waals surface area contributed by atoms with E-state index in [0.717, 1.165) is 42.3 Å². The molecule has 3 heterocycles. The quantitative estimate of drug-likeness (QED) is 0.549. The fourth-order valence-corrected chi connectivity index (χ4v) is 3.36. The molecule has 4 rings (SSSR count). The molecule has 0 radical (unpaired) electrons. The van der Waals surface area contributed by atoms with Crippen LogP contribution in [0.25, 0.3) is 11.0 Å². The van der Waals surface area contributed by atoms with E-state index in [1.165, 1.54) is 5.56 Å². The maximum atomic E-state index is 5.96. The number of aliphatic imine (C=N–C) groups is 1. The Morgan fingerprint density at radius 3 is 3.11 bits per heavy atom. The van der Waals surface area contributed by atoms with Gasteiger partial charge in [-0.3, -0.25) is 4.99 Å². The molecule has 0 spiro atoms. The van der Waals surface area contributed by atoms with Gasteiger partial charge in [-0.15, -0.1) is 0 Å². The normalized spacial score (nSPS) is 17.5. The number of nitrogens with one attached hydrogen (secondary N) is 2. The van der Waals surface area contributed by atoms with Gasteiger partial charge >= 0.3 is 0 Å². The molecule has 1 atom stereocenters. The third-order valence-corrected chi connectivity index (χ3v) is 4.68. The molecule has 1 aromatic carbocycles. The van der Waals surface area contributed by atoms with Crippen molar-refractivity contribution in [2.24, 2.45) is 4.99 Å². The molecule has 2 N–H and O–H groups in total. The van der Waals surface area contributed by atoms with Crippen LogP contribution < -0.4 is 10.1 Å². The molecule has 7 nitrogen and oxygen atoms in total. The molecule has 1 aliphatic rings. The average Bonchev–Trinajstić information content (AvgIpc) is 3.29. The summed E-state index contributed by atoms with van der Waals surface area (Å²) >= 11 is 0. The highest BCUT2D eigenvalue weighted by atomic mass is 16.5. The molecule has 1 fully saturated rings. The van der Waals surface area contributed by atoms with Crippen molar-refractivity contribution >= 4 is 17.0 Å². The second-order valence-corrected chi connectivity index (χ2v) is 6.75. The first-order valence-corrected chi connectivity index (χ1v) is 9.20. The van der Waals surface area contributed by atoms with Gasteiger partial charge in [0.2, 0.25) is 5.88 Å². The van der Waals surface area contributed by atoms with Crippen LogP contribution in [-0.4, -0.2) is 52.1 Å². The maximum Gasteiger partial charge on any atom is 0.213 e. The topological polar surface area (TPSA) is 78.4 Å². The minimum absolute atomic E-state index is 0.118. The third kappa shape index (κ3) is 4.02. The number of fused-ring (bicyclic) bond motifs is 1. The number of likely N-dealkylation sites (tertiary alicyclic amines) is 1. The maximum absolute atomic E-state index is 5.96. The minimum Gasteiger partial charge on any atom is -0.472 e. The Balaban J connectivity index is 1.35. The number of imidazole rings is 1. The average molecular weight is 364 g/mol. The van der Waals surface area contributed by atoms with Gasteiger partial charge in [0.05, 0.1) is 24.1 Å². The first-order valence-electron chi connectivity index (χ1n) is 9.20. The number of nitrogens with zero attached hydrogens (tertiary/aromatic N) is 4. The molecule has 0 aliphatic carbocycles. The van der Waals surface area contributed by atoms with Gasteiger partial charge in [0.1, 0.15) is 11.9 Å². The number of aromatic amines is 1. The third-order valence-electron chi connectivity index (χ3n) is 4.68. The van der Waals surface area contributed by atoms with Gasteiger partial charge in [-0.1, -0.05) is 12.1 Å². The smallest absolute Gasteiger partial charge is 0.213 e. The van der Waals surface area contributed by atoms with Crippen LogP contribution in [0.15, 0.2) is 47.6 Å². The second kappa shape index (κ2) is 7.65. The van der Waals surface area contributed by atoms with Crippen LogP contribution >= 0.6 is 0 Å². The largest absolute Gasteiger partial charge is 0.472 e. The Labute approximate surface area is 158 Å². The van der Waals surface area contributed by atoms with Crippen LogP contribution in [0.4, 0.5) is 0 Å². The summed E-state index contributed by atoms with van der Waals surface area (Å²) in [6.07, 6.45) is 2.81. The van der Waals surface area contributed by atoms with E-state index in [-0.39, 0.29) is 6.10 Å². The molecule has 1 unspecified atom stereocenters. The number of benzene rings is 1. The van der Waals surface area contributed by atoms with Crippen LogP contribution in [0.2, 0.25) is 0 Å². The number of guanidine groups is 1. The van der Waals surface area contributed by atoms with E-state index in [9.17, 15) is 0 Å². The molecule has 2 aromatic heterocycles. The lowest BCUT2D eigenvalue weighted by Crippen LogP contribution is -2.40. The highest BCUT2D eigenvalue weighted by Crippen LogP contribution is 2.17. The summed E-state index contributed by atoms with van der Waals surface area (Å²) in [5.41, 5.74) is 3.27. The van der Waals surface area contributed by atoms with E-state index >= 15 is 0 Å². The molecule has 140 valence electrons. The number of hydrogen-bond donors (Lipinski definition) is 2. The molecule has 0 amide bonds. The molecule has 3 aromatic rings. The summed E-state index contributed by atoms with van der Waals surface area (Å²) in [5, 5.41) is 3.40. The Hall–Kier alpha value is -3.09. The number of H-pyrrole nitrogens is 1. The van der Waals surface area contributed by atoms with Crippen LogP contribution in [-0.2, 0) is 6.54 Å². The van der Waals surface area contributed by atoms with Gasteiger partial charge in [-0.05, 0) is 30.7 Å². The van der Waals surface area contributed by atoms with E-state index in [1.807, 2.05) is 24.3 Å². The molecule has 0 bridgehead atoms. The highest BCUT2D eigenvalue weighted by Gasteiger charge is 2.26. The van der Waals surface area contributed by atoms with Crippen molar-refractivity contribution in [1.82, 2.24) is 25.2 Å². The van der Waals surface area contributed by atoms with Crippen molar-refractivity contribution in [2.75, 3.05) is 20.1 Å². The highest BCUT2D eigenvalue weighted by molar-refractivity contribution is 5.80. The van der Waals surface area contributed by atoms with Crippen LogP contribution in [0, 0.1) is 6.92 Å². The standard InChI is InChI=1S/C20H24N6O/c1-14-6-7-16-17(11-14)25-18(24-16)12-23-20(21-2)26-10-8-15(13-26)27-19-5-3-4-9-22-19/h3-7,9,11,15H,8,10,12-13H2,1-2H3,(H,21,23)(H,24,25). The van der Waals surface area contributed by atoms with Gasteiger partial charge < -0.3 is 19.9 Å². The first kappa shape index (κ1) is 17.3. The van der Waals surface area contributed by atoms with Gasteiger partial charge in [0.15, 0.2) is 5.96 Å². The monoisotopic (exact) mass is 364 g/mol. The van der Waals surface area contributed by atoms with Gasteiger partial charge in [-0.25, -0.2) is 9.97 Å². The molecule has 7 heteroatoms. The lowest BCUT2D eigenvalue weighted by atomic mass is 10.2.